The second kappa shape index (κ2) is 41.4. The van der Waals surface area contributed by atoms with Gasteiger partial charge in [0.1, 0.15) is 57.5 Å². The zero-order valence-electron chi connectivity index (χ0n) is 63.3. The third-order valence-corrected chi connectivity index (χ3v) is 16.8. The number of Topliss-reactive ketones (excluding diaryl/α,β-unsaturated/α-hetero) is 5. The number of hydrogen-bond acceptors (Lipinski definition) is 21. The van der Waals surface area contributed by atoms with Crippen LogP contribution in [-0.2, 0) is 39.6 Å². The first-order valence-electron chi connectivity index (χ1n) is 35.0. The largest absolute Gasteiger partial charge is 0.483 e. The van der Waals surface area contributed by atoms with Gasteiger partial charge >= 0.3 is 18.3 Å². The highest BCUT2D eigenvalue weighted by atomic mass is 19.4. The second-order valence-electron chi connectivity index (χ2n) is 25.3. The zero-order chi connectivity index (χ0) is 86.0. The molecule has 0 unspecified atom stereocenters. The standard InChI is InChI=1S/C19H18F3N3O4.C18H17F3N2O4.C15H13NO5.C15H15NO4.C15H13NO4/c1-11(26)14-8-25-15(18(28)24(10-23-25)12(2)19(20,21)22)17(16(14)27)29-9-13-6-4-3-5-7-13;1-10(24)13-8-22-14(17(26)23-11(2)18(19,20)21)16(15(13)25)27-9-12-6-4-3-5-7-12;1-9(17)11-7-16-12(15(19)20)14(13(11)18)21-8-10-5-3-2-4-6-10;2*1-10(18)12-7-16-13(8-17)15(14(12)19)20-9-11-5-3-2-4-6-11/h3-8,12,23H,9-10H2,1-2H3;3-8,11H,9H2,1-2H3,(H,22,25)(H,23,26);2-7H,8H2,1H3,(H,16,18)(H,19,20);2-7,17H,8-9H2,1H3,(H,16,19);2-8H,9H2,1H3,(H,16,19)/t12-;11-;;;/m11.../s1. The number of aliphatic hydroxyl groups is 1. The summed E-state index contributed by atoms with van der Waals surface area (Å²) >= 11 is 0. The molecule has 2 amide bonds. The van der Waals surface area contributed by atoms with Gasteiger partial charge in [-0.15, -0.1) is 0 Å². The molecule has 0 radical (unpaired) electrons. The summed E-state index contributed by atoms with van der Waals surface area (Å²) in [6.45, 7) is 7.10. The lowest BCUT2D eigenvalue weighted by atomic mass is 10.1. The quantitative estimate of drug-likeness (QED) is 0.0142. The molecule has 0 bridgehead atoms. The Hall–Kier alpha value is -14.4. The van der Waals surface area contributed by atoms with E-state index >= 15 is 0 Å². The van der Waals surface area contributed by atoms with Gasteiger partial charge in [0.2, 0.25) is 27.1 Å². The number of aromatic carboxylic acids is 1. The lowest BCUT2D eigenvalue weighted by Gasteiger charge is -2.36. The van der Waals surface area contributed by atoms with Crippen LogP contribution in [0.15, 0.2) is 207 Å². The Kier molecular flexibility index (Phi) is 31.8. The van der Waals surface area contributed by atoms with E-state index < -0.39 is 116 Å². The van der Waals surface area contributed by atoms with Crippen LogP contribution < -0.4 is 61.6 Å². The first-order chi connectivity index (χ1) is 55.5. The number of carbonyl (C=O) groups is 9. The summed E-state index contributed by atoms with van der Waals surface area (Å²) in [5, 5.41) is 20.1. The fourth-order valence-electron chi connectivity index (χ4n) is 10.4. The minimum absolute atomic E-state index is 0.0101. The average Bonchev–Trinajstić information content (AvgIpc) is 0.756. The number of carbonyl (C=O) groups excluding carboxylic acids is 8. The number of halogens is 6. The molecule has 10 aromatic rings. The molecule has 8 N–H and O–H groups in total. The molecule has 5 aromatic heterocycles. The van der Waals surface area contributed by atoms with E-state index in [9.17, 15) is 98.6 Å². The molecule has 29 nitrogen and oxygen atoms in total. The van der Waals surface area contributed by atoms with Crippen molar-refractivity contribution >= 4 is 53.0 Å². The molecule has 0 saturated heterocycles. The predicted molar refractivity (Wildman–Crippen MR) is 410 cm³/mol. The first kappa shape index (κ1) is 89.8. The molecular formula is C82H76F6N8O21. The number of aliphatic hydroxyl groups excluding tert-OH is 1. The molecule has 0 spiro atoms. The van der Waals surface area contributed by atoms with Gasteiger partial charge in [-0.2, -0.15) is 26.3 Å². The van der Waals surface area contributed by atoms with Crippen LogP contribution in [0.4, 0.5) is 26.3 Å². The summed E-state index contributed by atoms with van der Waals surface area (Å²) in [6, 6.07) is 40.7. The normalized spacial score (nSPS) is 11.8. The van der Waals surface area contributed by atoms with Crippen molar-refractivity contribution in [3.05, 3.63) is 318 Å². The number of ether oxygens (including phenoxy) is 5. The number of pyridine rings is 5. The lowest BCUT2D eigenvalue weighted by Crippen LogP contribution is -2.54. The molecule has 612 valence electrons. The van der Waals surface area contributed by atoms with Gasteiger partial charge in [-0.3, -0.25) is 67.0 Å². The molecule has 1 aliphatic heterocycles. The van der Waals surface area contributed by atoms with E-state index in [1.165, 1.54) is 40.1 Å². The van der Waals surface area contributed by atoms with Crippen LogP contribution in [0.2, 0.25) is 0 Å². The number of fused-ring (bicyclic) bond motifs is 1. The maximum atomic E-state index is 13.1. The Morgan fingerprint density at radius 2 is 0.778 bits per heavy atom. The number of benzene rings is 5. The smallest absolute Gasteiger partial charge is 0.408 e. The van der Waals surface area contributed by atoms with E-state index in [1.807, 2.05) is 66.7 Å². The van der Waals surface area contributed by atoms with E-state index in [-0.39, 0.29) is 113 Å². The van der Waals surface area contributed by atoms with E-state index in [1.54, 1.807) is 90.2 Å². The molecule has 0 fully saturated rings. The fraction of sp³-hybridized carbons (Fsp3) is 0.220. The topological polar surface area (TPSA) is 421 Å². The van der Waals surface area contributed by atoms with Crippen molar-refractivity contribution in [2.45, 2.75) is 113 Å². The molecule has 1 aliphatic rings. The number of hydrogen-bond donors (Lipinski definition) is 8. The maximum Gasteiger partial charge on any atom is 0.408 e. The van der Waals surface area contributed by atoms with Crippen molar-refractivity contribution in [3.8, 4) is 28.7 Å². The Labute approximate surface area is 659 Å². The third kappa shape index (κ3) is 24.3. The van der Waals surface area contributed by atoms with Crippen LogP contribution in [0, 0.1) is 0 Å². The van der Waals surface area contributed by atoms with Crippen LogP contribution in [0.3, 0.4) is 0 Å². The number of aldehydes is 1. The molecule has 2 atom stereocenters. The summed E-state index contributed by atoms with van der Waals surface area (Å²) in [4.78, 5) is 177. The maximum absolute atomic E-state index is 13.1. The van der Waals surface area contributed by atoms with Crippen LogP contribution in [0.5, 0.6) is 28.7 Å². The second-order valence-corrected chi connectivity index (χ2v) is 25.3. The van der Waals surface area contributed by atoms with Gasteiger partial charge in [0, 0.05) is 31.0 Å². The molecule has 117 heavy (non-hydrogen) atoms. The van der Waals surface area contributed by atoms with E-state index in [2.05, 4.69) is 25.4 Å². The number of aromatic amines is 4. The number of aromatic nitrogens is 5. The summed E-state index contributed by atoms with van der Waals surface area (Å²) in [7, 11) is 0. The molecule has 0 saturated carbocycles. The highest BCUT2D eigenvalue weighted by Gasteiger charge is 2.45. The van der Waals surface area contributed by atoms with Crippen LogP contribution in [-0.4, -0.2) is 124 Å². The van der Waals surface area contributed by atoms with Crippen LogP contribution in [0.25, 0.3) is 0 Å². The van der Waals surface area contributed by atoms with Crippen LogP contribution >= 0.6 is 0 Å². The van der Waals surface area contributed by atoms with Gasteiger partial charge in [-0.1, -0.05) is 152 Å². The summed E-state index contributed by atoms with van der Waals surface area (Å²) in [5.41, 5.74) is 1.33. The molecule has 6 heterocycles. The first-order valence-corrected chi connectivity index (χ1v) is 35.0. The number of H-pyrrole nitrogens is 4. The highest BCUT2D eigenvalue weighted by Crippen LogP contribution is 2.30. The Balaban J connectivity index is 0.000000204. The van der Waals surface area contributed by atoms with Crippen molar-refractivity contribution in [2.24, 2.45) is 0 Å². The number of rotatable bonds is 26. The Morgan fingerprint density at radius 3 is 1.14 bits per heavy atom. The third-order valence-electron chi connectivity index (χ3n) is 16.8. The van der Waals surface area contributed by atoms with Gasteiger partial charge in [-0.25, -0.2) is 4.79 Å². The number of amides is 2. The van der Waals surface area contributed by atoms with Crippen molar-refractivity contribution < 1.29 is 103 Å². The number of ketones is 5. The Morgan fingerprint density at radius 1 is 0.453 bits per heavy atom. The summed E-state index contributed by atoms with van der Waals surface area (Å²) in [5.74, 6) is -7.33. The fourth-order valence-corrected chi connectivity index (χ4v) is 10.4. The van der Waals surface area contributed by atoms with Crippen molar-refractivity contribution in [3.63, 3.8) is 0 Å². The van der Waals surface area contributed by atoms with Gasteiger partial charge in [0.15, 0.2) is 81.0 Å². The number of carboxylic acid groups (broad SMARTS) is 1. The average molecular weight is 1620 g/mol. The minimum atomic E-state index is -4.65. The predicted octanol–water partition coefficient (Wildman–Crippen LogP) is 10.8. The lowest BCUT2D eigenvalue weighted by molar-refractivity contribution is -0.172. The van der Waals surface area contributed by atoms with Crippen molar-refractivity contribution in [2.75, 3.05) is 12.1 Å². The number of nitrogens with zero attached hydrogens (tertiary/aromatic N) is 2. The zero-order valence-corrected chi connectivity index (χ0v) is 63.3. The van der Waals surface area contributed by atoms with Gasteiger partial charge in [0.05, 0.1) is 40.1 Å². The van der Waals surface area contributed by atoms with Gasteiger partial charge < -0.3 is 69.5 Å². The van der Waals surface area contributed by atoms with E-state index in [0.717, 1.165) is 60.7 Å². The molecule has 11 rings (SSSR count). The number of carboxylic acids is 1. The van der Waals surface area contributed by atoms with Gasteiger partial charge in [0.25, 0.3) is 11.8 Å². The van der Waals surface area contributed by atoms with Crippen molar-refractivity contribution in [1.29, 1.82) is 0 Å². The summed E-state index contributed by atoms with van der Waals surface area (Å²) in [6.07, 6.45) is -3.12. The van der Waals surface area contributed by atoms with E-state index in [4.69, 9.17) is 28.8 Å². The SMILES string of the molecule is CC(=O)c1c[nH]c(C(=O)N[C@H](C)C(F)(F)F)c(OCc2ccccc2)c1=O.CC(=O)c1c[nH]c(C(=O)O)c(OCc2ccccc2)c1=O.CC(=O)c1c[nH]c(C=O)c(OCc2ccccc2)c1=O.CC(=O)c1c[nH]c(CO)c(OCc2ccccc2)c1=O.CC(=O)c1cn2c(c(OCc3ccccc3)c1=O)C(=O)N([C@H](C)C(F)(F)F)CN2. The number of alkyl halides is 6. The monoisotopic (exact) mass is 1620 g/mol. The highest BCUT2D eigenvalue weighted by molar-refractivity contribution is 6.01. The molecule has 35 heteroatoms. The molecule has 0 aliphatic carbocycles. The Bertz CT molecular complexity index is 5560. The molecule has 5 aromatic carbocycles. The van der Waals surface area contributed by atoms with Crippen molar-refractivity contribution in [1.82, 2.24) is 34.8 Å². The van der Waals surface area contributed by atoms with Gasteiger partial charge in [-0.05, 0) is 76.3 Å². The number of nitrogens with one attached hydrogen (secondary N) is 6. The van der Waals surface area contributed by atoms with E-state index in [0.29, 0.717) is 22.3 Å². The van der Waals surface area contributed by atoms with Crippen LogP contribution in [0.1, 0.15) is 176 Å². The molecular weight excluding hydrogens is 1550 g/mol. The minimum Gasteiger partial charge on any atom is -0.483 e. The summed E-state index contributed by atoms with van der Waals surface area (Å²) < 4.78 is 106.